The standard InChI is InChI=1S/C52H33NOS/c1-3-13-35(14-4-1)39-29-31-46(42-18-8-7-17-41(39)42)53(38-26-23-34(24-27-38)37-25-28-44-43-19-10-12-22-49(43)55-50(44)33-37)47-32-30-40(36-15-5-2-6-16-36)51-45-20-9-11-21-48(45)54-52(47)51/h1-33H. The summed E-state index contributed by atoms with van der Waals surface area (Å²) in [4.78, 5) is 2.38. The van der Waals surface area contributed by atoms with Crippen LogP contribution in [0.4, 0.5) is 17.1 Å². The van der Waals surface area contributed by atoms with Gasteiger partial charge in [-0.2, -0.15) is 0 Å². The lowest BCUT2D eigenvalue weighted by Gasteiger charge is -2.28. The summed E-state index contributed by atoms with van der Waals surface area (Å²) in [5, 5.41) is 7.22. The van der Waals surface area contributed by atoms with Gasteiger partial charge in [0.2, 0.25) is 0 Å². The van der Waals surface area contributed by atoms with Gasteiger partial charge in [-0.15, -0.1) is 11.3 Å². The zero-order chi connectivity index (χ0) is 36.3. The van der Waals surface area contributed by atoms with E-state index < -0.39 is 0 Å². The lowest BCUT2D eigenvalue weighted by Crippen LogP contribution is -2.11. The largest absolute Gasteiger partial charge is 0.454 e. The molecular weight excluding hydrogens is 687 g/mol. The lowest BCUT2D eigenvalue weighted by atomic mass is 9.95. The second-order valence-corrected chi connectivity index (χ2v) is 15.1. The Balaban J connectivity index is 1.13. The molecule has 0 spiro atoms. The highest BCUT2D eigenvalue weighted by Gasteiger charge is 2.24. The molecule has 0 saturated carbocycles. The number of furan rings is 1. The molecule has 0 bridgehead atoms. The molecule has 3 heteroatoms. The Labute approximate surface area is 322 Å². The molecular formula is C52H33NOS. The van der Waals surface area contributed by atoms with Gasteiger partial charge in [-0.1, -0.05) is 158 Å². The highest BCUT2D eigenvalue weighted by Crippen LogP contribution is 2.48. The number of anilines is 3. The van der Waals surface area contributed by atoms with Gasteiger partial charge in [0, 0.05) is 42.0 Å². The first-order valence-corrected chi connectivity index (χ1v) is 19.5. The summed E-state index contributed by atoms with van der Waals surface area (Å²) in [6.07, 6.45) is 0. The molecule has 0 atom stereocenters. The van der Waals surface area contributed by atoms with Crippen molar-refractivity contribution in [2.75, 3.05) is 4.90 Å². The smallest absolute Gasteiger partial charge is 0.160 e. The van der Waals surface area contributed by atoms with Crippen LogP contribution in [0.3, 0.4) is 0 Å². The molecule has 0 aliphatic rings. The Morgan fingerprint density at radius 3 is 1.73 bits per heavy atom. The van der Waals surface area contributed by atoms with Crippen molar-refractivity contribution in [1.82, 2.24) is 0 Å². The first-order chi connectivity index (χ1) is 27.3. The lowest BCUT2D eigenvalue weighted by molar-refractivity contribution is 0.669. The summed E-state index contributed by atoms with van der Waals surface area (Å²) >= 11 is 1.86. The summed E-state index contributed by atoms with van der Waals surface area (Å²) in [6.45, 7) is 0. The molecule has 2 nitrogen and oxygen atoms in total. The monoisotopic (exact) mass is 719 g/mol. The van der Waals surface area contributed by atoms with E-state index in [1.54, 1.807) is 0 Å². The van der Waals surface area contributed by atoms with E-state index in [2.05, 4.69) is 205 Å². The topological polar surface area (TPSA) is 16.4 Å². The maximum absolute atomic E-state index is 6.89. The van der Waals surface area contributed by atoms with Crippen molar-refractivity contribution < 1.29 is 4.42 Å². The van der Waals surface area contributed by atoms with E-state index in [4.69, 9.17) is 4.42 Å². The molecule has 55 heavy (non-hydrogen) atoms. The highest BCUT2D eigenvalue weighted by atomic mass is 32.1. The Hall–Kier alpha value is -6.94. The molecule has 2 aromatic heterocycles. The predicted octanol–water partition coefficient (Wildman–Crippen LogP) is 15.6. The van der Waals surface area contributed by atoms with Crippen molar-refractivity contribution in [2.24, 2.45) is 0 Å². The maximum atomic E-state index is 6.89. The molecule has 9 aromatic carbocycles. The molecule has 0 N–H and O–H groups in total. The third kappa shape index (κ3) is 5.24. The van der Waals surface area contributed by atoms with Crippen LogP contribution >= 0.6 is 11.3 Å². The molecule has 11 rings (SSSR count). The van der Waals surface area contributed by atoms with Gasteiger partial charge < -0.3 is 9.32 Å². The molecule has 0 fully saturated rings. The first kappa shape index (κ1) is 31.6. The van der Waals surface area contributed by atoms with Crippen molar-refractivity contribution in [3.63, 3.8) is 0 Å². The number of fused-ring (bicyclic) bond motifs is 7. The molecule has 0 unspecified atom stereocenters. The van der Waals surface area contributed by atoms with Crippen LogP contribution in [0.15, 0.2) is 205 Å². The predicted molar refractivity (Wildman–Crippen MR) is 235 cm³/mol. The normalized spacial score (nSPS) is 11.6. The van der Waals surface area contributed by atoms with Crippen molar-refractivity contribution in [1.29, 1.82) is 0 Å². The Morgan fingerprint density at radius 2 is 0.945 bits per heavy atom. The summed E-state index contributed by atoms with van der Waals surface area (Å²) in [7, 11) is 0. The number of nitrogens with zero attached hydrogens (tertiary/aromatic N) is 1. The van der Waals surface area contributed by atoms with E-state index in [0.717, 1.165) is 50.1 Å². The van der Waals surface area contributed by atoms with Gasteiger partial charge in [-0.3, -0.25) is 0 Å². The Kier molecular flexibility index (Phi) is 7.39. The van der Waals surface area contributed by atoms with Crippen LogP contribution in [0.25, 0.3) is 86.3 Å². The van der Waals surface area contributed by atoms with Gasteiger partial charge in [0.15, 0.2) is 5.58 Å². The number of para-hydroxylation sites is 1. The fourth-order valence-electron chi connectivity index (χ4n) is 8.31. The van der Waals surface area contributed by atoms with Gasteiger partial charge >= 0.3 is 0 Å². The molecule has 0 aliphatic carbocycles. The molecule has 0 saturated heterocycles. The van der Waals surface area contributed by atoms with E-state index in [-0.39, 0.29) is 0 Å². The van der Waals surface area contributed by atoms with Gasteiger partial charge in [0.25, 0.3) is 0 Å². The minimum absolute atomic E-state index is 0.859. The minimum Gasteiger partial charge on any atom is -0.454 e. The van der Waals surface area contributed by atoms with E-state index in [1.165, 1.54) is 53.2 Å². The summed E-state index contributed by atoms with van der Waals surface area (Å²) in [6, 6.07) is 72.0. The van der Waals surface area contributed by atoms with Crippen LogP contribution < -0.4 is 4.90 Å². The van der Waals surface area contributed by atoms with Crippen LogP contribution in [0, 0.1) is 0 Å². The average molecular weight is 720 g/mol. The van der Waals surface area contributed by atoms with Crippen LogP contribution in [0.5, 0.6) is 0 Å². The third-order valence-electron chi connectivity index (χ3n) is 10.9. The van der Waals surface area contributed by atoms with Gasteiger partial charge in [0.05, 0.1) is 11.4 Å². The molecule has 0 aliphatic heterocycles. The summed E-state index contributed by atoms with van der Waals surface area (Å²) in [5.74, 6) is 0. The van der Waals surface area contributed by atoms with E-state index in [1.807, 2.05) is 11.3 Å². The fraction of sp³-hybridized carbons (Fsp3) is 0. The van der Waals surface area contributed by atoms with Crippen molar-refractivity contribution in [3.05, 3.63) is 200 Å². The molecule has 11 aromatic rings. The number of hydrogen-bond acceptors (Lipinski definition) is 3. The fourth-order valence-corrected chi connectivity index (χ4v) is 9.46. The summed E-state index contributed by atoms with van der Waals surface area (Å²) < 4.78 is 9.52. The summed E-state index contributed by atoms with van der Waals surface area (Å²) in [5.41, 5.74) is 12.0. The SMILES string of the molecule is c1ccc(-c2ccc(N(c3ccc(-c4ccc5c(c4)sc4ccccc45)cc3)c3ccc(-c4ccccc4)c4c3oc3ccccc34)c3ccccc23)cc1. The van der Waals surface area contributed by atoms with Crippen molar-refractivity contribution >= 4 is 81.3 Å². The van der Waals surface area contributed by atoms with Crippen LogP contribution in [0.1, 0.15) is 0 Å². The van der Waals surface area contributed by atoms with Crippen LogP contribution in [0.2, 0.25) is 0 Å². The second kappa shape index (κ2) is 12.9. The highest BCUT2D eigenvalue weighted by molar-refractivity contribution is 7.25. The van der Waals surface area contributed by atoms with E-state index >= 15 is 0 Å². The number of rotatable bonds is 6. The van der Waals surface area contributed by atoms with Crippen molar-refractivity contribution in [2.45, 2.75) is 0 Å². The number of hydrogen-bond donors (Lipinski definition) is 0. The Bertz CT molecular complexity index is 3190. The average Bonchev–Trinajstić information content (AvgIpc) is 3.84. The van der Waals surface area contributed by atoms with Gasteiger partial charge in [-0.25, -0.2) is 0 Å². The molecule has 258 valence electrons. The molecule has 0 radical (unpaired) electrons. The van der Waals surface area contributed by atoms with Gasteiger partial charge in [0.1, 0.15) is 5.58 Å². The minimum atomic E-state index is 0.859. The molecule has 0 amide bonds. The van der Waals surface area contributed by atoms with E-state index in [0.29, 0.717) is 0 Å². The Morgan fingerprint density at radius 1 is 0.364 bits per heavy atom. The quantitative estimate of drug-likeness (QED) is 0.170. The number of thiophene rings is 1. The van der Waals surface area contributed by atoms with Gasteiger partial charge in [-0.05, 0) is 81.2 Å². The molecule has 2 heterocycles. The third-order valence-corrected chi connectivity index (χ3v) is 12.0. The van der Waals surface area contributed by atoms with E-state index in [9.17, 15) is 0 Å². The second-order valence-electron chi connectivity index (χ2n) is 14.0. The zero-order valence-corrected chi connectivity index (χ0v) is 30.6. The number of benzene rings is 9. The maximum Gasteiger partial charge on any atom is 0.160 e. The van der Waals surface area contributed by atoms with Crippen LogP contribution in [-0.4, -0.2) is 0 Å². The van der Waals surface area contributed by atoms with Crippen molar-refractivity contribution in [3.8, 4) is 33.4 Å². The zero-order valence-electron chi connectivity index (χ0n) is 29.8. The first-order valence-electron chi connectivity index (χ1n) is 18.7. The van der Waals surface area contributed by atoms with Crippen LogP contribution in [-0.2, 0) is 0 Å².